The Kier molecular flexibility index (Phi) is 8.07. The highest BCUT2D eigenvalue weighted by Gasteiger charge is 2.22. The summed E-state index contributed by atoms with van der Waals surface area (Å²) >= 11 is 1.93. The topological polar surface area (TPSA) is 45.2 Å². The van der Waals surface area contributed by atoms with E-state index in [-0.39, 0.29) is 24.4 Å². The predicted molar refractivity (Wildman–Crippen MR) is 90.9 cm³/mol. The first-order chi connectivity index (χ1) is 9.66. The molecule has 1 aromatic heterocycles. The third kappa shape index (κ3) is 5.85. The second-order valence-corrected chi connectivity index (χ2v) is 6.56. The molecule has 1 atom stereocenters. The highest BCUT2D eigenvalue weighted by atomic mass is 35.5. The van der Waals surface area contributed by atoms with Crippen molar-refractivity contribution in [2.45, 2.75) is 38.9 Å². The van der Waals surface area contributed by atoms with Crippen molar-refractivity contribution in [1.29, 1.82) is 0 Å². The summed E-state index contributed by atoms with van der Waals surface area (Å²) in [6, 6.07) is 4.46. The highest BCUT2D eigenvalue weighted by molar-refractivity contribution is 7.99. The standard InChI is InChI=1S/C15H23N3OS.ClH/c1-12(2)18(10-13-4-3-5-16-9-13)15(19)8-14-11-20-7-6-17-14;/h3-5,9,12,14,17H,6-8,10-11H2,1-2H3;1H. The first kappa shape index (κ1) is 18.3. The number of carbonyl (C=O) groups is 1. The largest absolute Gasteiger partial charge is 0.336 e. The van der Waals surface area contributed by atoms with E-state index in [1.165, 1.54) is 0 Å². The zero-order valence-electron chi connectivity index (χ0n) is 12.6. The third-order valence-electron chi connectivity index (χ3n) is 3.44. The van der Waals surface area contributed by atoms with Crippen LogP contribution in [-0.4, -0.2) is 45.9 Å². The van der Waals surface area contributed by atoms with Gasteiger partial charge in [-0.2, -0.15) is 11.8 Å². The summed E-state index contributed by atoms with van der Waals surface area (Å²) in [6.45, 7) is 5.78. The number of hydrogen-bond donors (Lipinski definition) is 1. The molecule has 0 spiro atoms. The molecule has 0 aromatic carbocycles. The Bertz CT molecular complexity index is 424. The van der Waals surface area contributed by atoms with Crippen molar-refractivity contribution in [3.63, 3.8) is 0 Å². The van der Waals surface area contributed by atoms with E-state index in [1.54, 1.807) is 6.20 Å². The number of carbonyl (C=O) groups excluding carboxylic acids is 1. The lowest BCUT2D eigenvalue weighted by molar-refractivity contribution is -0.134. The van der Waals surface area contributed by atoms with E-state index in [9.17, 15) is 4.79 Å². The third-order valence-corrected chi connectivity index (χ3v) is 4.57. The minimum atomic E-state index is 0. The van der Waals surface area contributed by atoms with E-state index in [0.29, 0.717) is 19.0 Å². The van der Waals surface area contributed by atoms with Gasteiger partial charge in [0.1, 0.15) is 0 Å². The first-order valence-electron chi connectivity index (χ1n) is 7.16. The van der Waals surface area contributed by atoms with Crippen LogP contribution in [0.25, 0.3) is 0 Å². The summed E-state index contributed by atoms with van der Waals surface area (Å²) in [5, 5.41) is 3.43. The number of thioether (sulfide) groups is 1. The molecule has 1 fully saturated rings. The minimum Gasteiger partial charge on any atom is -0.336 e. The lowest BCUT2D eigenvalue weighted by atomic mass is 10.1. The van der Waals surface area contributed by atoms with Crippen LogP contribution >= 0.6 is 24.2 Å². The minimum absolute atomic E-state index is 0. The average Bonchev–Trinajstić information content (AvgIpc) is 2.46. The van der Waals surface area contributed by atoms with Crippen LogP contribution in [0.3, 0.4) is 0 Å². The molecule has 0 bridgehead atoms. The Balaban J connectivity index is 0.00000220. The zero-order valence-corrected chi connectivity index (χ0v) is 14.3. The molecule has 0 radical (unpaired) electrons. The second-order valence-electron chi connectivity index (χ2n) is 5.41. The Morgan fingerprint density at radius 3 is 2.95 bits per heavy atom. The smallest absolute Gasteiger partial charge is 0.224 e. The fourth-order valence-electron chi connectivity index (χ4n) is 2.33. The summed E-state index contributed by atoms with van der Waals surface area (Å²) in [5.41, 5.74) is 1.08. The molecule has 21 heavy (non-hydrogen) atoms. The van der Waals surface area contributed by atoms with Crippen LogP contribution in [0.1, 0.15) is 25.8 Å². The number of rotatable bonds is 5. The molecule has 118 valence electrons. The molecule has 2 rings (SSSR count). The molecule has 1 saturated heterocycles. The van der Waals surface area contributed by atoms with Crippen LogP contribution in [0.2, 0.25) is 0 Å². The summed E-state index contributed by atoms with van der Waals surface area (Å²) in [5.74, 6) is 2.41. The molecule has 1 N–H and O–H groups in total. The molecule has 0 aliphatic carbocycles. The number of amides is 1. The molecule has 2 heterocycles. The maximum absolute atomic E-state index is 12.5. The van der Waals surface area contributed by atoms with Gasteiger partial charge in [-0.3, -0.25) is 9.78 Å². The van der Waals surface area contributed by atoms with Crippen LogP contribution in [0.4, 0.5) is 0 Å². The van der Waals surface area contributed by atoms with Gasteiger partial charge in [0.2, 0.25) is 5.91 Å². The van der Waals surface area contributed by atoms with Crippen LogP contribution in [0.15, 0.2) is 24.5 Å². The number of nitrogens with one attached hydrogen (secondary N) is 1. The highest BCUT2D eigenvalue weighted by Crippen LogP contribution is 2.14. The molecule has 1 aliphatic heterocycles. The fourth-order valence-corrected chi connectivity index (χ4v) is 3.28. The Labute approximate surface area is 137 Å². The number of halogens is 1. The molecule has 1 aromatic rings. The van der Waals surface area contributed by atoms with Gasteiger partial charge in [0.05, 0.1) is 0 Å². The summed E-state index contributed by atoms with van der Waals surface area (Å²) in [4.78, 5) is 18.6. The van der Waals surface area contributed by atoms with E-state index in [2.05, 4.69) is 24.1 Å². The summed E-state index contributed by atoms with van der Waals surface area (Å²) in [7, 11) is 0. The molecule has 4 nitrogen and oxygen atoms in total. The van der Waals surface area contributed by atoms with Gasteiger partial charge in [0, 0.05) is 55.5 Å². The molecular formula is C15H24ClN3OS. The molecule has 1 aliphatic rings. The van der Waals surface area contributed by atoms with Crippen LogP contribution in [0, 0.1) is 0 Å². The predicted octanol–water partition coefficient (Wildman–Crippen LogP) is 2.34. The Hall–Kier alpha value is -0.780. The maximum atomic E-state index is 12.5. The number of pyridine rings is 1. The van der Waals surface area contributed by atoms with Gasteiger partial charge in [-0.1, -0.05) is 6.07 Å². The lowest BCUT2D eigenvalue weighted by Crippen LogP contribution is -2.44. The van der Waals surface area contributed by atoms with Crippen molar-refractivity contribution in [2.24, 2.45) is 0 Å². The van der Waals surface area contributed by atoms with Gasteiger partial charge >= 0.3 is 0 Å². The van der Waals surface area contributed by atoms with Gasteiger partial charge in [0.25, 0.3) is 0 Å². The van der Waals surface area contributed by atoms with Crippen molar-refractivity contribution in [1.82, 2.24) is 15.2 Å². The maximum Gasteiger partial charge on any atom is 0.224 e. The van der Waals surface area contributed by atoms with Gasteiger partial charge in [-0.15, -0.1) is 12.4 Å². The SMILES string of the molecule is CC(C)N(Cc1cccnc1)C(=O)CC1CSCCN1.Cl. The number of hydrogen-bond acceptors (Lipinski definition) is 4. The van der Waals surface area contributed by atoms with Crippen molar-refractivity contribution in [2.75, 3.05) is 18.1 Å². The first-order valence-corrected chi connectivity index (χ1v) is 8.32. The monoisotopic (exact) mass is 329 g/mol. The normalized spacial score (nSPS) is 18.1. The van der Waals surface area contributed by atoms with E-state index in [1.807, 2.05) is 35.0 Å². The van der Waals surface area contributed by atoms with Gasteiger partial charge in [-0.05, 0) is 25.5 Å². The quantitative estimate of drug-likeness (QED) is 0.900. The van der Waals surface area contributed by atoms with E-state index >= 15 is 0 Å². The van der Waals surface area contributed by atoms with Crippen molar-refractivity contribution >= 4 is 30.1 Å². The van der Waals surface area contributed by atoms with Gasteiger partial charge in [-0.25, -0.2) is 0 Å². The second kappa shape index (κ2) is 9.28. The average molecular weight is 330 g/mol. The number of aromatic nitrogens is 1. The van der Waals surface area contributed by atoms with Crippen LogP contribution < -0.4 is 5.32 Å². The zero-order chi connectivity index (χ0) is 14.4. The molecule has 1 unspecified atom stereocenters. The lowest BCUT2D eigenvalue weighted by Gasteiger charge is -2.30. The fraction of sp³-hybridized carbons (Fsp3) is 0.600. The van der Waals surface area contributed by atoms with E-state index < -0.39 is 0 Å². The van der Waals surface area contributed by atoms with Crippen LogP contribution in [0.5, 0.6) is 0 Å². The Morgan fingerprint density at radius 1 is 1.57 bits per heavy atom. The molecular weight excluding hydrogens is 306 g/mol. The molecule has 6 heteroatoms. The summed E-state index contributed by atoms with van der Waals surface area (Å²) < 4.78 is 0. The van der Waals surface area contributed by atoms with E-state index in [4.69, 9.17) is 0 Å². The summed E-state index contributed by atoms with van der Waals surface area (Å²) in [6.07, 6.45) is 4.18. The van der Waals surface area contributed by atoms with Gasteiger partial charge < -0.3 is 10.2 Å². The van der Waals surface area contributed by atoms with E-state index in [0.717, 1.165) is 23.6 Å². The molecule has 1 amide bonds. The molecule has 0 saturated carbocycles. The Morgan fingerprint density at radius 2 is 2.38 bits per heavy atom. The van der Waals surface area contributed by atoms with Crippen molar-refractivity contribution in [3.05, 3.63) is 30.1 Å². The number of nitrogens with zero attached hydrogens (tertiary/aromatic N) is 2. The van der Waals surface area contributed by atoms with Crippen molar-refractivity contribution < 1.29 is 4.79 Å². The van der Waals surface area contributed by atoms with Crippen LogP contribution in [-0.2, 0) is 11.3 Å². The van der Waals surface area contributed by atoms with Gasteiger partial charge in [0.15, 0.2) is 0 Å². The van der Waals surface area contributed by atoms with Crippen molar-refractivity contribution in [3.8, 4) is 0 Å².